The Balaban J connectivity index is 4.28. The Labute approximate surface area is 116 Å². The topological polar surface area (TPSA) is 81.4 Å². The van der Waals surface area contributed by atoms with Gasteiger partial charge in [0.25, 0.3) is 0 Å². The second kappa shape index (κ2) is 8.15. The molecule has 0 aromatic rings. The number of hydrogen-bond donors (Lipinski definition) is 2. The molecule has 1 amide bonds. The third kappa shape index (κ3) is 6.57. The first-order chi connectivity index (χ1) is 8.74. The Morgan fingerprint density at radius 1 is 1.26 bits per heavy atom. The predicted octanol–water partition coefficient (Wildman–Crippen LogP) is 1.46. The molecule has 0 aromatic heterocycles. The summed E-state index contributed by atoms with van der Waals surface area (Å²) < 4.78 is 4.65. The Kier molecular flexibility index (Phi) is 7.68. The number of esters is 1. The highest BCUT2D eigenvalue weighted by Gasteiger charge is 2.30. The average molecular weight is 272 g/mol. The molecule has 1 unspecified atom stereocenters. The van der Waals surface area contributed by atoms with Crippen molar-refractivity contribution in [3.8, 4) is 0 Å². The van der Waals surface area contributed by atoms with E-state index in [4.69, 9.17) is 5.73 Å². The Bertz CT molecular complexity index is 301. The van der Waals surface area contributed by atoms with E-state index in [1.165, 1.54) is 7.11 Å². The molecule has 0 spiro atoms. The van der Waals surface area contributed by atoms with Crippen LogP contribution in [0.5, 0.6) is 0 Å². The van der Waals surface area contributed by atoms with Crippen LogP contribution in [0, 0.1) is 11.8 Å². The minimum Gasteiger partial charge on any atom is -0.467 e. The molecular weight excluding hydrogens is 244 g/mol. The van der Waals surface area contributed by atoms with Crippen molar-refractivity contribution in [1.29, 1.82) is 0 Å². The second-order valence-corrected chi connectivity index (χ2v) is 5.78. The van der Waals surface area contributed by atoms with Gasteiger partial charge in [-0.2, -0.15) is 0 Å². The molecule has 19 heavy (non-hydrogen) atoms. The zero-order chi connectivity index (χ0) is 15.1. The van der Waals surface area contributed by atoms with Crippen LogP contribution in [-0.2, 0) is 14.3 Å². The quantitative estimate of drug-likeness (QED) is 0.655. The number of nitrogens with two attached hydrogens (primary N) is 1. The summed E-state index contributed by atoms with van der Waals surface area (Å²) in [6.45, 7) is 8.18. The van der Waals surface area contributed by atoms with E-state index in [0.717, 1.165) is 12.8 Å². The molecule has 0 radical (unpaired) electrons. The largest absolute Gasteiger partial charge is 0.467 e. The summed E-state index contributed by atoms with van der Waals surface area (Å²) in [7, 11) is 1.31. The smallest absolute Gasteiger partial charge is 0.330 e. The van der Waals surface area contributed by atoms with Crippen LogP contribution in [0.15, 0.2) is 0 Å². The van der Waals surface area contributed by atoms with Crippen molar-refractivity contribution in [1.82, 2.24) is 5.32 Å². The van der Waals surface area contributed by atoms with E-state index < -0.39 is 11.5 Å². The molecule has 5 nitrogen and oxygen atoms in total. The van der Waals surface area contributed by atoms with Gasteiger partial charge in [-0.05, 0) is 45.1 Å². The highest BCUT2D eigenvalue weighted by Crippen LogP contribution is 2.20. The number of ether oxygens (including phenoxy) is 1. The summed E-state index contributed by atoms with van der Waals surface area (Å²) in [5, 5.41) is 2.70. The first kappa shape index (κ1) is 17.9. The van der Waals surface area contributed by atoms with Crippen LogP contribution in [0.4, 0.5) is 0 Å². The molecule has 0 fully saturated rings. The van der Waals surface area contributed by atoms with Crippen LogP contribution < -0.4 is 11.1 Å². The van der Waals surface area contributed by atoms with Gasteiger partial charge in [0, 0.05) is 6.42 Å². The highest BCUT2D eigenvalue weighted by atomic mass is 16.5. The summed E-state index contributed by atoms with van der Waals surface area (Å²) in [6.07, 6.45) is 2.12. The first-order valence-electron chi connectivity index (χ1n) is 6.84. The van der Waals surface area contributed by atoms with E-state index in [9.17, 15) is 9.59 Å². The van der Waals surface area contributed by atoms with Crippen molar-refractivity contribution in [2.45, 2.75) is 52.5 Å². The van der Waals surface area contributed by atoms with Crippen LogP contribution in [0.3, 0.4) is 0 Å². The molecule has 0 aliphatic rings. The Hall–Kier alpha value is -1.10. The third-order valence-electron chi connectivity index (χ3n) is 3.37. The van der Waals surface area contributed by atoms with Crippen LogP contribution in [0.25, 0.3) is 0 Å². The minimum absolute atomic E-state index is 0.127. The normalized spacial score (nSPS) is 13.2. The molecular formula is C14H28N2O3. The molecule has 0 aliphatic carbocycles. The van der Waals surface area contributed by atoms with Gasteiger partial charge in [-0.1, -0.05) is 13.8 Å². The van der Waals surface area contributed by atoms with Gasteiger partial charge < -0.3 is 15.8 Å². The van der Waals surface area contributed by atoms with Gasteiger partial charge in [0.2, 0.25) is 5.91 Å². The lowest BCUT2D eigenvalue weighted by atomic mass is 9.88. The number of amides is 1. The zero-order valence-electron chi connectivity index (χ0n) is 12.8. The number of methoxy groups -OCH3 is 1. The van der Waals surface area contributed by atoms with Gasteiger partial charge in [-0.25, -0.2) is 4.79 Å². The minimum atomic E-state index is -0.979. The van der Waals surface area contributed by atoms with Crippen molar-refractivity contribution in [2.24, 2.45) is 17.6 Å². The number of hydrogen-bond acceptors (Lipinski definition) is 4. The van der Waals surface area contributed by atoms with Gasteiger partial charge in [0.1, 0.15) is 5.54 Å². The SMILES string of the molecule is COC(=O)C(C)(C)NC(=O)CCC(CCN)C(C)C. The van der Waals surface area contributed by atoms with Gasteiger partial charge in [-0.15, -0.1) is 0 Å². The fraction of sp³-hybridized carbons (Fsp3) is 0.857. The van der Waals surface area contributed by atoms with Crippen molar-refractivity contribution in [3.05, 3.63) is 0 Å². The summed E-state index contributed by atoms with van der Waals surface area (Å²) in [5.74, 6) is 0.378. The van der Waals surface area contributed by atoms with Crippen LogP contribution in [0.1, 0.15) is 47.0 Å². The van der Waals surface area contributed by atoms with Crippen LogP contribution in [0.2, 0.25) is 0 Å². The fourth-order valence-corrected chi connectivity index (χ4v) is 2.06. The molecule has 0 heterocycles. The van der Waals surface area contributed by atoms with E-state index in [-0.39, 0.29) is 5.91 Å². The zero-order valence-corrected chi connectivity index (χ0v) is 12.8. The predicted molar refractivity (Wildman–Crippen MR) is 75.5 cm³/mol. The molecule has 112 valence electrons. The number of carbonyl (C=O) groups is 2. The Morgan fingerprint density at radius 3 is 2.26 bits per heavy atom. The molecule has 0 saturated heterocycles. The monoisotopic (exact) mass is 272 g/mol. The van der Waals surface area contributed by atoms with Gasteiger partial charge in [-0.3, -0.25) is 4.79 Å². The third-order valence-corrected chi connectivity index (χ3v) is 3.37. The lowest BCUT2D eigenvalue weighted by Gasteiger charge is -2.24. The number of carbonyl (C=O) groups excluding carboxylic acids is 2. The molecule has 0 aromatic carbocycles. The van der Waals surface area contributed by atoms with E-state index in [2.05, 4.69) is 23.9 Å². The molecule has 1 atom stereocenters. The van der Waals surface area contributed by atoms with Crippen molar-refractivity contribution in [2.75, 3.05) is 13.7 Å². The van der Waals surface area contributed by atoms with Crippen LogP contribution in [-0.4, -0.2) is 31.1 Å². The molecule has 0 bridgehead atoms. The maximum atomic E-state index is 11.9. The van der Waals surface area contributed by atoms with Gasteiger partial charge in [0.05, 0.1) is 7.11 Å². The molecule has 0 saturated carbocycles. The first-order valence-corrected chi connectivity index (χ1v) is 6.84. The molecule has 5 heteroatoms. The molecule has 0 rings (SSSR count). The highest BCUT2D eigenvalue weighted by molar-refractivity contribution is 5.87. The van der Waals surface area contributed by atoms with Gasteiger partial charge >= 0.3 is 5.97 Å². The maximum absolute atomic E-state index is 11.9. The summed E-state index contributed by atoms with van der Waals surface area (Å²) in [5.41, 5.74) is 4.59. The van der Waals surface area contributed by atoms with E-state index in [1.807, 2.05) is 0 Å². The number of rotatable bonds is 8. The van der Waals surface area contributed by atoms with Gasteiger partial charge in [0.15, 0.2) is 0 Å². The van der Waals surface area contributed by atoms with Crippen molar-refractivity contribution >= 4 is 11.9 Å². The fourth-order valence-electron chi connectivity index (χ4n) is 2.06. The lowest BCUT2D eigenvalue weighted by Crippen LogP contribution is -2.50. The lowest BCUT2D eigenvalue weighted by molar-refractivity contribution is -0.149. The average Bonchev–Trinajstić information content (AvgIpc) is 2.32. The maximum Gasteiger partial charge on any atom is 0.330 e. The number of nitrogens with one attached hydrogen (secondary N) is 1. The van der Waals surface area contributed by atoms with Crippen molar-refractivity contribution < 1.29 is 14.3 Å². The summed E-state index contributed by atoms with van der Waals surface area (Å²) >= 11 is 0. The van der Waals surface area contributed by atoms with Crippen molar-refractivity contribution in [3.63, 3.8) is 0 Å². The van der Waals surface area contributed by atoms with E-state index in [0.29, 0.717) is 24.8 Å². The van der Waals surface area contributed by atoms with E-state index >= 15 is 0 Å². The summed E-state index contributed by atoms with van der Waals surface area (Å²) in [4.78, 5) is 23.3. The molecule has 0 aliphatic heterocycles. The molecule has 3 N–H and O–H groups in total. The second-order valence-electron chi connectivity index (χ2n) is 5.78. The van der Waals surface area contributed by atoms with E-state index in [1.54, 1.807) is 13.8 Å². The Morgan fingerprint density at radius 2 is 1.84 bits per heavy atom. The summed E-state index contributed by atoms with van der Waals surface area (Å²) in [6, 6.07) is 0. The standard InChI is InChI=1S/C14H28N2O3/c1-10(2)11(8-9-15)6-7-12(17)16-14(3,4)13(18)19-5/h10-11H,6-9,15H2,1-5H3,(H,16,17). The van der Waals surface area contributed by atoms with Crippen LogP contribution >= 0.6 is 0 Å².